The molecule has 22 heavy (non-hydrogen) atoms. The zero-order valence-electron chi connectivity index (χ0n) is 11.5. The van der Waals surface area contributed by atoms with E-state index in [0.717, 1.165) is 0 Å². The maximum Gasteiger partial charge on any atom is 0.227 e. The van der Waals surface area contributed by atoms with E-state index in [4.69, 9.17) is 0 Å². The molecule has 4 nitrogen and oxygen atoms in total. The molecular formula is C14H12F4N2O2. The number of rotatable bonds is 2. The van der Waals surface area contributed by atoms with Crippen LogP contribution in [0.4, 0.5) is 28.9 Å². The molecule has 2 amide bonds. The summed E-state index contributed by atoms with van der Waals surface area (Å²) >= 11 is 0. The van der Waals surface area contributed by atoms with Gasteiger partial charge in [0.25, 0.3) is 0 Å². The van der Waals surface area contributed by atoms with Crippen molar-refractivity contribution in [3.63, 3.8) is 0 Å². The molecule has 2 saturated heterocycles. The van der Waals surface area contributed by atoms with Gasteiger partial charge in [-0.25, -0.2) is 17.6 Å². The highest BCUT2D eigenvalue weighted by Gasteiger charge is 2.37. The molecular weight excluding hydrogens is 304 g/mol. The number of amides is 2. The maximum atomic E-state index is 14.2. The molecule has 0 radical (unpaired) electrons. The summed E-state index contributed by atoms with van der Waals surface area (Å²) in [5.74, 6) is -7.79. The third kappa shape index (κ3) is 2.05. The van der Waals surface area contributed by atoms with E-state index in [-0.39, 0.29) is 25.9 Å². The van der Waals surface area contributed by atoms with Crippen molar-refractivity contribution in [3.8, 4) is 0 Å². The van der Waals surface area contributed by atoms with Crippen molar-refractivity contribution >= 4 is 23.2 Å². The van der Waals surface area contributed by atoms with Crippen LogP contribution in [0.15, 0.2) is 0 Å². The predicted molar refractivity (Wildman–Crippen MR) is 69.4 cm³/mol. The van der Waals surface area contributed by atoms with Gasteiger partial charge in [-0.1, -0.05) is 0 Å². The molecule has 0 spiro atoms. The second kappa shape index (κ2) is 5.26. The summed E-state index contributed by atoms with van der Waals surface area (Å²) in [5, 5.41) is 0. The van der Waals surface area contributed by atoms with Crippen LogP contribution in [0.5, 0.6) is 0 Å². The van der Waals surface area contributed by atoms with E-state index in [1.54, 1.807) is 0 Å². The maximum absolute atomic E-state index is 14.2. The molecule has 0 atom stereocenters. The van der Waals surface area contributed by atoms with Crippen molar-refractivity contribution in [1.29, 1.82) is 0 Å². The van der Waals surface area contributed by atoms with Gasteiger partial charge in [-0.15, -0.1) is 0 Å². The fourth-order valence-electron chi connectivity index (χ4n) is 2.85. The molecule has 1 aromatic rings. The van der Waals surface area contributed by atoms with Crippen LogP contribution in [0.3, 0.4) is 0 Å². The number of hydrogen-bond acceptors (Lipinski definition) is 2. The Hall–Kier alpha value is -2.12. The molecule has 8 heteroatoms. The molecule has 2 aliphatic heterocycles. The second-order valence-corrected chi connectivity index (χ2v) is 5.25. The lowest BCUT2D eigenvalue weighted by atomic mass is 10.2. The molecule has 118 valence electrons. The zero-order valence-corrected chi connectivity index (χ0v) is 11.5. The van der Waals surface area contributed by atoms with Crippen LogP contribution in [-0.2, 0) is 9.59 Å². The fraction of sp³-hybridized carbons (Fsp3) is 0.429. The van der Waals surface area contributed by atoms with Gasteiger partial charge >= 0.3 is 0 Å². The number of anilines is 2. The third-order valence-corrected chi connectivity index (χ3v) is 3.90. The molecule has 2 fully saturated rings. The van der Waals surface area contributed by atoms with Gasteiger partial charge in [0, 0.05) is 25.9 Å². The van der Waals surface area contributed by atoms with Gasteiger partial charge < -0.3 is 9.80 Å². The summed E-state index contributed by atoms with van der Waals surface area (Å²) in [6.07, 6.45) is 0.837. The van der Waals surface area contributed by atoms with Crippen LogP contribution in [0.25, 0.3) is 0 Å². The minimum atomic E-state index is -1.65. The highest BCUT2D eigenvalue weighted by Crippen LogP contribution is 2.38. The Morgan fingerprint density at radius 2 is 0.955 bits per heavy atom. The van der Waals surface area contributed by atoms with Gasteiger partial charge in [0.1, 0.15) is 11.4 Å². The predicted octanol–water partition coefficient (Wildman–Crippen LogP) is 2.50. The Balaban J connectivity index is 2.16. The quantitative estimate of drug-likeness (QED) is 0.621. The molecule has 0 aliphatic carbocycles. The molecule has 1 aromatic carbocycles. The zero-order chi connectivity index (χ0) is 16.0. The Morgan fingerprint density at radius 3 is 1.18 bits per heavy atom. The van der Waals surface area contributed by atoms with Crippen LogP contribution in [0.2, 0.25) is 0 Å². The minimum Gasteiger partial charge on any atom is -0.307 e. The van der Waals surface area contributed by atoms with E-state index in [9.17, 15) is 27.2 Å². The monoisotopic (exact) mass is 316 g/mol. The average molecular weight is 316 g/mol. The van der Waals surface area contributed by atoms with Crippen LogP contribution in [0, 0.1) is 23.3 Å². The Kier molecular flexibility index (Phi) is 3.54. The summed E-state index contributed by atoms with van der Waals surface area (Å²) in [4.78, 5) is 24.6. The van der Waals surface area contributed by atoms with Crippen molar-refractivity contribution in [2.75, 3.05) is 22.9 Å². The van der Waals surface area contributed by atoms with E-state index in [0.29, 0.717) is 22.6 Å². The van der Waals surface area contributed by atoms with Crippen LogP contribution >= 0.6 is 0 Å². The van der Waals surface area contributed by atoms with E-state index in [1.807, 2.05) is 0 Å². The average Bonchev–Trinajstić information content (AvgIpc) is 3.08. The van der Waals surface area contributed by atoms with Crippen molar-refractivity contribution < 1.29 is 27.2 Å². The lowest BCUT2D eigenvalue weighted by Crippen LogP contribution is -2.30. The highest BCUT2D eigenvalue weighted by atomic mass is 19.2. The van der Waals surface area contributed by atoms with Crippen molar-refractivity contribution in [2.24, 2.45) is 0 Å². The largest absolute Gasteiger partial charge is 0.307 e. The molecule has 0 N–H and O–H groups in total. The van der Waals surface area contributed by atoms with Gasteiger partial charge in [0.15, 0.2) is 23.3 Å². The van der Waals surface area contributed by atoms with Crippen LogP contribution < -0.4 is 9.80 Å². The molecule has 0 unspecified atom stereocenters. The van der Waals surface area contributed by atoms with Crippen LogP contribution in [-0.4, -0.2) is 24.9 Å². The Bertz CT molecular complexity index is 591. The summed E-state index contributed by atoms with van der Waals surface area (Å²) in [7, 11) is 0. The number of nitrogens with zero attached hydrogens (tertiary/aromatic N) is 2. The van der Waals surface area contributed by atoms with E-state index < -0.39 is 46.5 Å². The van der Waals surface area contributed by atoms with Crippen molar-refractivity contribution in [1.82, 2.24) is 0 Å². The minimum absolute atomic E-state index is 0.00640. The third-order valence-electron chi connectivity index (χ3n) is 3.90. The van der Waals surface area contributed by atoms with Crippen LogP contribution in [0.1, 0.15) is 25.7 Å². The number of carbonyl (C=O) groups is 2. The van der Waals surface area contributed by atoms with Gasteiger partial charge in [-0.05, 0) is 12.8 Å². The SMILES string of the molecule is O=C1CCCN1c1c(F)c(F)c(N2CCCC2=O)c(F)c1F. The number of hydrogen-bond donors (Lipinski definition) is 0. The first-order chi connectivity index (χ1) is 10.4. The lowest BCUT2D eigenvalue weighted by Gasteiger charge is -2.23. The number of carbonyl (C=O) groups excluding carboxylic acids is 2. The Morgan fingerprint density at radius 1 is 0.636 bits per heavy atom. The topological polar surface area (TPSA) is 40.6 Å². The molecule has 0 saturated carbocycles. The molecule has 2 aliphatic rings. The standard InChI is InChI=1S/C14H12F4N2O2/c15-9-11(17)14(20-6-2-4-8(20)22)12(18)10(16)13(9)19-5-1-3-7(19)21/h1-6H2. The normalized spacial score (nSPS) is 18.7. The van der Waals surface area contributed by atoms with E-state index >= 15 is 0 Å². The van der Waals surface area contributed by atoms with Gasteiger partial charge in [-0.2, -0.15) is 0 Å². The number of benzene rings is 1. The van der Waals surface area contributed by atoms with Crippen molar-refractivity contribution in [3.05, 3.63) is 23.3 Å². The number of halogens is 4. The lowest BCUT2D eigenvalue weighted by molar-refractivity contribution is -0.118. The summed E-state index contributed by atoms with van der Waals surface area (Å²) < 4.78 is 56.8. The van der Waals surface area contributed by atoms with E-state index in [2.05, 4.69) is 0 Å². The fourth-order valence-corrected chi connectivity index (χ4v) is 2.85. The smallest absolute Gasteiger partial charge is 0.227 e. The van der Waals surface area contributed by atoms with E-state index in [1.165, 1.54) is 0 Å². The second-order valence-electron chi connectivity index (χ2n) is 5.25. The molecule has 0 aromatic heterocycles. The highest BCUT2D eigenvalue weighted by molar-refractivity contribution is 5.98. The first-order valence-corrected chi connectivity index (χ1v) is 6.90. The summed E-state index contributed by atoms with van der Waals surface area (Å²) in [5.41, 5.74) is -2.04. The first kappa shape index (κ1) is 14.8. The molecule has 0 bridgehead atoms. The van der Waals surface area contributed by atoms with Crippen molar-refractivity contribution in [2.45, 2.75) is 25.7 Å². The first-order valence-electron chi connectivity index (χ1n) is 6.90. The molecule has 2 heterocycles. The molecule has 3 rings (SSSR count). The summed E-state index contributed by atoms with van der Waals surface area (Å²) in [6.45, 7) is -0.0128. The van der Waals surface area contributed by atoms with Gasteiger partial charge in [-0.3, -0.25) is 9.59 Å². The van der Waals surface area contributed by atoms with Gasteiger partial charge in [0.2, 0.25) is 11.8 Å². The Labute approximate surface area is 123 Å². The van der Waals surface area contributed by atoms with Gasteiger partial charge in [0.05, 0.1) is 0 Å². The summed E-state index contributed by atoms with van der Waals surface area (Å²) in [6, 6.07) is 0.